The Kier molecular flexibility index (Phi) is 3.55. The number of carbonyl (C=O) groups is 2. The highest BCUT2D eigenvalue weighted by atomic mass is 16.4. The van der Waals surface area contributed by atoms with Crippen LogP contribution in [0, 0.1) is 0 Å². The molecule has 0 spiro atoms. The van der Waals surface area contributed by atoms with Gasteiger partial charge in [-0.2, -0.15) is 5.10 Å². The zero-order chi connectivity index (χ0) is 13.8. The van der Waals surface area contributed by atoms with Crippen molar-refractivity contribution in [3.63, 3.8) is 0 Å². The second-order valence-corrected chi connectivity index (χ2v) is 3.90. The highest BCUT2D eigenvalue weighted by Gasteiger charge is 2.11. The number of carboxylic acid groups (broad SMARTS) is 1. The molecule has 0 saturated heterocycles. The Morgan fingerprint density at radius 2 is 2.21 bits per heavy atom. The Labute approximate surface area is 107 Å². The molecular formula is C10H12N6O3. The molecule has 9 heteroatoms. The number of aryl methyl sites for hydroxylation is 1. The summed E-state index contributed by atoms with van der Waals surface area (Å²) in [5.74, 6) is -1.47. The molecule has 2 aromatic rings. The summed E-state index contributed by atoms with van der Waals surface area (Å²) >= 11 is 0. The second-order valence-electron chi connectivity index (χ2n) is 3.90. The number of nitrogens with one attached hydrogen (secondary N) is 1. The fraction of sp³-hybridized carbons (Fsp3) is 0.300. The van der Waals surface area contributed by atoms with Crippen molar-refractivity contribution in [3.8, 4) is 0 Å². The SMILES string of the molecule is Cn1cc(CNC(=O)c2cn(CC(=O)O)nn2)cn1. The monoisotopic (exact) mass is 264 g/mol. The number of aliphatic carboxylic acids is 1. The Bertz CT molecular complexity index is 602. The topological polar surface area (TPSA) is 115 Å². The molecule has 0 aliphatic rings. The van der Waals surface area contributed by atoms with Crippen LogP contribution in [0.2, 0.25) is 0 Å². The largest absolute Gasteiger partial charge is 0.480 e. The van der Waals surface area contributed by atoms with Gasteiger partial charge in [-0.1, -0.05) is 5.21 Å². The highest BCUT2D eigenvalue weighted by Crippen LogP contribution is 1.98. The molecule has 19 heavy (non-hydrogen) atoms. The van der Waals surface area contributed by atoms with Crippen molar-refractivity contribution in [2.45, 2.75) is 13.1 Å². The lowest BCUT2D eigenvalue weighted by Crippen LogP contribution is -2.23. The van der Waals surface area contributed by atoms with Gasteiger partial charge in [-0.05, 0) is 0 Å². The van der Waals surface area contributed by atoms with Gasteiger partial charge in [-0.15, -0.1) is 5.10 Å². The average molecular weight is 264 g/mol. The summed E-state index contributed by atoms with van der Waals surface area (Å²) in [6.45, 7) is -0.0126. The first-order valence-corrected chi connectivity index (χ1v) is 5.42. The maximum absolute atomic E-state index is 11.7. The van der Waals surface area contributed by atoms with E-state index >= 15 is 0 Å². The minimum absolute atomic E-state index is 0.0742. The fourth-order valence-corrected chi connectivity index (χ4v) is 1.45. The number of hydrogen-bond acceptors (Lipinski definition) is 5. The molecule has 1 amide bonds. The first kappa shape index (κ1) is 12.7. The summed E-state index contributed by atoms with van der Waals surface area (Å²) < 4.78 is 2.71. The van der Waals surface area contributed by atoms with Crippen molar-refractivity contribution in [1.29, 1.82) is 0 Å². The third-order valence-electron chi connectivity index (χ3n) is 2.28. The van der Waals surface area contributed by atoms with Gasteiger partial charge in [0.25, 0.3) is 5.91 Å². The van der Waals surface area contributed by atoms with Crippen LogP contribution in [0.25, 0.3) is 0 Å². The molecule has 0 aliphatic carbocycles. The number of carbonyl (C=O) groups excluding carboxylic acids is 1. The summed E-state index contributed by atoms with van der Waals surface area (Å²) in [4.78, 5) is 22.2. The van der Waals surface area contributed by atoms with Crippen molar-refractivity contribution in [2.24, 2.45) is 7.05 Å². The summed E-state index contributed by atoms with van der Waals surface area (Å²) in [6.07, 6.45) is 4.70. The van der Waals surface area contributed by atoms with Crippen LogP contribution in [-0.2, 0) is 24.9 Å². The molecule has 0 atom stereocenters. The van der Waals surface area contributed by atoms with Crippen LogP contribution in [0.4, 0.5) is 0 Å². The average Bonchev–Trinajstić information content (AvgIpc) is 2.95. The Balaban J connectivity index is 1.92. The first-order valence-electron chi connectivity index (χ1n) is 5.42. The number of rotatable bonds is 5. The van der Waals surface area contributed by atoms with Crippen LogP contribution in [0.5, 0.6) is 0 Å². The molecule has 2 N–H and O–H groups in total. The molecule has 0 aromatic carbocycles. The van der Waals surface area contributed by atoms with Crippen molar-refractivity contribution in [2.75, 3.05) is 0 Å². The van der Waals surface area contributed by atoms with E-state index in [0.29, 0.717) is 6.54 Å². The van der Waals surface area contributed by atoms with Crippen LogP contribution < -0.4 is 5.32 Å². The first-order chi connectivity index (χ1) is 9.04. The highest BCUT2D eigenvalue weighted by molar-refractivity contribution is 5.91. The Hall–Kier alpha value is -2.71. The van der Waals surface area contributed by atoms with Crippen LogP contribution >= 0.6 is 0 Å². The van der Waals surface area contributed by atoms with E-state index in [9.17, 15) is 9.59 Å². The lowest BCUT2D eigenvalue weighted by molar-refractivity contribution is -0.137. The van der Waals surface area contributed by atoms with Gasteiger partial charge in [-0.25, -0.2) is 4.68 Å². The molecule has 0 unspecified atom stereocenters. The quantitative estimate of drug-likeness (QED) is 0.717. The molecule has 0 radical (unpaired) electrons. The van der Waals surface area contributed by atoms with Gasteiger partial charge in [0.05, 0.1) is 12.4 Å². The summed E-state index contributed by atoms with van der Waals surface area (Å²) in [7, 11) is 1.78. The van der Waals surface area contributed by atoms with E-state index < -0.39 is 11.9 Å². The predicted octanol–water partition coefficient (Wildman–Crippen LogP) is -0.974. The minimum Gasteiger partial charge on any atom is -0.480 e. The number of nitrogens with zero attached hydrogens (tertiary/aromatic N) is 5. The Morgan fingerprint density at radius 3 is 2.84 bits per heavy atom. The summed E-state index contributed by atoms with van der Waals surface area (Å²) in [6, 6.07) is 0. The molecule has 0 bridgehead atoms. The Morgan fingerprint density at radius 1 is 1.42 bits per heavy atom. The van der Waals surface area contributed by atoms with Crippen LogP contribution in [-0.4, -0.2) is 41.8 Å². The molecule has 9 nitrogen and oxygen atoms in total. The van der Waals surface area contributed by atoms with Gasteiger partial charge in [0, 0.05) is 25.4 Å². The molecule has 2 rings (SSSR count). The second kappa shape index (κ2) is 5.29. The van der Waals surface area contributed by atoms with Crippen molar-refractivity contribution < 1.29 is 14.7 Å². The van der Waals surface area contributed by atoms with E-state index in [1.165, 1.54) is 6.20 Å². The van der Waals surface area contributed by atoms with Gasteiger partial charge < -0.3 is 10.4 Å². The van der Waals surface area contributed by atoms with Crippen LogP contribution in [0.15, 0.2) is 18.6 Å². The number of aromatic nitrogens is 5. The maximum Gasteiger partial charge on any atom is 0.325 e. The van der Waals surface area contributed by atoms with Gasteiger partial charge >= 0.3 is 5.97 Å². The van der Waals surface area contributed by atoms with Gasteiger partial charge in [-0.3, -0.25) is 14.3 Å². The van der Waals surface area contributed by atoms with Gasteiger partial charge in [0.15, 0.2) is 5.69 Å². The summed E-state index contributed by atoms with van der Waals surface area (Å²) in [5, 5.41) is 22.3. The van der Waals surface area contributed by atoms with E-state index in [-0.39, 0.29) is 12.2 Å². The normalized spacial score (nSPS) is 10.4. The lowest BCUT2D eigenvalue weighted by Gasteiger charge is -1.99. The molecular weight excluding hydrogens is 252 g/mol. The van der Waals surface area contributed by atoms with E-state index in [1.54, 1.807) is 24.1 Å². The number of carboxylic acids is 1. The zero-order valence-corrected chi connectivity index (χ0v) is 10.1. The zero-order valence-electron chi connectivity index (χ0n) is 10.1. The molecule has 2 aromatic heterocycles. The molecule has 0 saturated carbocycles. The van der Waals surface area contributed by atoms with Gasteiger partial charge in [0.2, 0.25) is 0 Å². The van der Waals surface area contributed by atoms with E-state index in [0.717, 1.165) is 10.2 Å². The van der Waals surface area contributed by atoms with E-state index in [2.05, 4.69) is 20.7 Å². The maximum atomic E-state index is 11.7. The third-order valence-corrected chi connectivity index (χ3v) is 2.28. The van der Waals surface area contributed by atoms with Gasteiger partial charge in [0.1, 0.15) is 6.54 Å². The van der Waals surface area contributed by atoms with Crippen molar-refractivity contribution >= 4 is 11.9 Å². The molecule has 0 fully saturated rings. The van der Waals surface area contributed by atoms with E-state index in [1.807, 2.05) is 0 Å². The number of hydrogen-bond donors (Lipinski definition) is 2. The lowest BCUT2D eigenvalue weighted by atomic mass is 10.3. The molecule has 0 aliphatic heterocycles. The molecule has 2 heterocycles. The van der Waals surface area contributed by atoms with Crippen molar-refractivity contribution in [1.82, 2.24) is 30.1 Å². The summed E-state index contributed by atoms with van der Waals surface area (Å²) in [5.41, 5.74) is 0.930. The fourth-order valence-electron chi connectivity index (χ4n) is 1.45. The smallest absolute Gasteiger partial charge is 0.325 e. The van der Waals surface area contributed by atoms with Crippen molar-refractivity contribution in [3.05, 3.63) is 29.8 Å². The third kappa shape index (κ3) is 3.37. The number of amides is 1. The van der Waals surface area contributed by atoms with Crippen LogP contribution in [0.1, 0.15) is 16.1 Å². The predicted molar refractivity (Wildman–Crippen MR) is 62.0 cm³/mol. The van der Waals surface area contributed by atoms with Crippen LogP contribution in [0.3, 0.4) is 0 Å². The standard InChI is InChI=1S/C10H12N6O3/c1-15-4-7(3-12-15)2-11-10(19)8-5-16(14-13-8)6-9(17)18/h3-5H,2,6H2,1H3,(H,11,19)(H,17,18). The molecule has 100 valence electrons. The minimum atomic E-state index is -1.05. The van der Waals surface area contributed by atoms with E-state index in [4.69, 9.17) is 5.11 Å².